The molecular weight excluding hydrogens is 377 g/mol. The number of benzene rings is 1. The maximum absolute atomic E-state index is 13.3. The van der Waals surface area contributed by atoms with E-state index in [-0.39, 0.29) is 36.6 Å². The molecule has 7 nitrogen and oxygen atoms in total. The van der Waals surface area contributed by atoms with Crippen molar-refractivity contribution in [3.63, 3.8) is 0 Å². The van der Waals surface area contributed by atoms with E-state index < -0.39 is 17.8 Å². The van der Waals surface area contributed by atoms with Crippen LogP contribution in [0.15, 0.2) is 24.3 Å². The summed E-state index contributed by atoms with van der Waals surface area (Å²) in [6.45, 7) is 3.43. The number of amides is 2. The van der Waals surface area contributed by atoms with Crippen molar-refractivity contribution in [2.45, 2.75) is 50.4 Å². The molecule has 2 amide bonds. The molecule has 2 aliphatic rings. The third-order valence-electron chi connectivity index (χ3n) is 5.56. The minimum absolute atomic E-state index is 0.0619. The first-order chi connectivity index (χ1) is 14.0. The number of carbonyl (C=O) groups is 2. The van der Waals surface area contributed by atoms with Gasteiger partial charge in [0.25, 0.3) is 5.91 Å². The van der Waals surface area contributed by atoms with Crippen LogP contribution in [-0.4, -0.2) is 72.9 Å². The number of rotatable bonds is 8. The number of halogens is 1. The predicted molar refractivity (Wildman–Crippen MR) is 106 cm³/mol. The number of nitrogens with one attached hydrogen (secondary N) is 2. The predicted octanol–water partition coefficient (Wildman–Crippen LogP) is 1.07. The summed E-state index contributed by atoms with van der Waals surface area (Å²) >= 11 is 0. The number of aliphatic hydroxyl groups excluding tert-OH is 1. The van der Waals surface area contributed by atoms with E-state index >= 15 is 0 Å². The maximum Gasteiger partial charge on any atom is 0.251 e. The van der Waals surface area contributed by atoms with Crippen LogP contribution in [0.1, 0.15) is 42.5 Å². The molecule has 29 heavy (non-hydrogen) atoms. The largest absolute Gasteiger partial charge is 0.394 e. The summed E-state index contributed by atoms with van der Waals surface area (Å²) in [6.07, 6.45) is 2.99. The van der Waals surface area contributed by atoms with E-state index in [9.17, 15) is 19.1 Å². The molecule has 3 rings (SSSR count). The molecule has 1 aromatic carbocycles. The summed E-state index contributed by atoms with van der Waals surface area (Å²) in [5.41, 5.74) is 0.223. The van der Waals surface area contributed by atoms with Crippen molar-refractivity contribution in [1.82, 2.24) is 15.5 Å². The highest BCUT2D eigenvalue weighted by Crippen LogP contribution is 2.22. The normalized spacial score (nSPS) is 25.0. The molecule has 0 aromatic heterocycles. The number of aliphatic hydroxyl groups is 1. The second kappa shape index (κ2) is 10.7. The van der Waals surface area contributed by atoms with Gasteiger partial charge in [0, 0.05) is 18.7 Å². The van der Waals surface area contributed by atoms with Gasteiger partial charge in [-0.1, -0.05) is 6.07 Å². The summed E-state index contributed by atoms with van der Waals surface area (Å²) < 4.78 is 19.2. The first-order valence-electron chi connectivity index (χ1n) is 10.4. The van der Waals surface area contributed by atoms with Gasteiger partial charge in [0.2, 0.25) is 5.91 Å². The Labute approximate surface area is 170 Å². The molecule has 2 aliphatic heterocycles. The zero-order valence-electron chi connectivity index (χ0n) is 16.6. The Morgan fingerprint density at radius 2 is 2.03 bits per heavy atom. The quantitative estimate of drug-likeness (QED) is 0.600. The lowest BCUT2D eigenvalue weighted by molar-refractivity contribution is -0.130. The Morgan fingerprint density at radius 1 is 1.24 bits per heavy atom. The molecule has 2 fully saturated rings. The van der Waals surface area contributed by atoms with Crippen LogP contribution in [0.2, 0.25) is 0 Å². The Bertz CT molecular complexity index is 696. The highest BCUT2D eigenvalue weighted by Gasteiger charge is 2.33. The molecule has 8 heteroatoms. The SMILES string of the molecule is O=C(C[C@@H]1CC[C@@H](NC(=O)c2cccc(F)c2)[C@H](CO)O1)NCCN1CCCC1. The van der Waals surface area contributed by atoms with Gasteiger partial charge in [-0.2, -0.15) is 0 Å². The fourth-order valence-electron chi connectivity index (χ4n) is 3.97. The first-order valence-corrected chi connectivity index (χ1v) is 10.4. The molecule has 0 unspecified atom stereocenters. The van der Waals surface area contributed by atoms with Gasteiger partial charge in [-0.05, 0) is 57.0 Å². The van der Waals surface area contributed by atoms with Gasteiger partial charge in [0.05, 0.1) is 25.2 Å². The van der Waals surface area contributed by atoms with Crippen LogP contribution in [-0.2, 0) is 9.53 Å². The summed E-state index contributed by atoms with van der Waals surface area (Å²) in [5.74, 6) is -0.949. The standard InChI is InChI=1S/C21H30FN3O4/c22-16-5-3-4-15(12-16)21(28)24-18-7-6-17(29-19(18)14-26)13-20(27)23-8-11-25-9-1-2-10-25/h3-5,12,17-19,26H,1-2,6-11,13-14H2,(H,23,27)(H,24,28)/t17-,18+,19-/m0/s1. The van der Waals surface area contributed by atoms with E-state index in [0.717, 1.165) is 19.6 Å². The second-order valence-electron chi connectivity index (χ2n) is 7.75. The third-order valence-corrected chi connectivity index (χ3v) is 5.56. The van der Waals surface area contributed by atoms with Crippen molar-refractivity contribution in [3.05, 3.63) is 35.6 Å². The fourth-order valence-corrected chi connectivity index (χ4v) is 3.97. The number of hydrogen-bond donors (Lipinski definition) is 3. The van der Waals surface area contributed by atoms with Crippen molar-refractivity contribution in [1.29, 1.82) is 0 Å². The number of likely N-dealkylation sites (tertiary alicyclic amines) is 1. The van der Waals surface area contributed by atoms with E-state index in [0.29, 0.717) is 19.4 Å². The van der Waals surface area contributed by atoms with Gasteiger partial charge in [0.1, 0.15) is 11.9 Å². The summed E-state index contributed by atoms with van der Waals surface area (Å²) in [5, 5.41) is 15.4. The van der Waals surface area contributed by atoms with Gasteiger partial charge in [-0.3, -0.25) is 9.59 Å². The zero-order chi connectivity index (χ0) is 20.6. The van der Waals surface area contributed by atoms with Crippen LogP contribution in [0.3, 0.4) is 0 Å². The molecule has 2 saturated heterocycles. The highest BCUT2D eigenvalue weighted by molar-refractivity contribution is 5.94. The molecule has 3 N–H and O–H groups in total. The van der Waals surface area contributed by atoms with Crippen molar-refractivity contribution < 1.29 is 23.8 Å². The second-order valence-corrected chi connectivity index (χ2v) is 7.75. The van der Waals surface area contributed by atoms with Crippen LogP contribution in [0.4, 0.5) is 4.39 Å². The minimum atomic E-state index is -0.594. The van der Waals surface area contributed by atoms with Gasteiger partial charge in [-0.15, -0.1) is 0 Å². The average molecular weight is 407 g/mol. The molecule has 0 radical (unpaired) electrons. The summed E-state index contributed by atoms with van der Waals surface area (Å²) in [6, 6.07) is 5.07. The molecular formula is C21H30FN3O4. The molecule has 1 aromatic rings. The number of carbonyl (C=O) groups excluding carboxylic acids is 2. The third kappa shape index (κ3) is 6.48. The molecule has 0 spiro atoms. The lowest BCUT2D eigenvalue weighted by atomic mass is 9.96. The Balaban J connectivity index is 1.42. The van der Waals surface area contributed by atoms with Crippen LogP contribution in [0, 0.1) is 5.82 Å². The Kier molecular flexibility index (Phi) is 7.97. The van der Waals surface area contributed by atoms with E-state index in [2.05, 4.69) is 15.5 Å². The first kappa shape index (κ1) is 21.7. The van der Waals surface area contributed by atoms with E-state index in [1.165, 1.54) is 37.1 Å². The Hall–Kier alpha value is -2.03. The zero-order valence-corrected chi connectivity index (χ0v) is 16.6. The van der Waals surface area contributed by atoms with Crippen LogP contribution in [0.25, 0.3) is 0 Å². The fraction of sp³-hybridized carbons (Fsp3) is 0.619. The van der Waals surface area contributed by atoms with Gasteiger partial charge < -0.3 is 25.4 Å². The lowest BCUT2D eigenvalue weighted by Gasteiger charge is -2.36. The number of nitrogens with zero attached hydrogens (tertiary/aromatic N) is 1. The van der Waals surface area contributed by atoms with Crippen molar-refractivity contribution in [3.8, 4) is 0 Å². The summed E-state index contributed by atoms with van der Waals surface area (Å²) in [7, 11) is 0. The van der Waals surface area contributed by atoms with E-state index in [1.54, 1.807) is 0 Å². The summed E-state index contributed by atoms with van der Waals surface area (Å²) in [4.78, 5) is 26.8. The molecule has 2 heterocycles. The van der Waals surface area contributed by atoms with Gasteiger partial charge in [-0.25, -0.2) is 4.39 Å². The highest BCUT2D eigenvalue weighted by atomic mass is 19.1. The van der Waals surface area contributed by atoms with Gasteiger partial charge in [0.15, 0.2) is 0 Å². The van der Waals surface area contributed by atoms with Crippen LogP contribution in [0.5, 0.6) is 0 Å². The average Bonchev–Trinajstić information content (AvgIpc) is 3.22. The smallest absolute Gasteiger partial charge is 0.251 e. The van der Waals surface area contributed by atoms with Crippen molar-refractivity contribution in [2.24, 2.45) is 0 Å². The lowest BCUT2D eigenvalue weighted by Crippen LogP contribution is -2.51. The number of hydrogen-bond acceptors (Lipinski definition) is 5. The molecule has 0 saturated carbocycles. The maximum atomic E-state index is 13.3. The molecule has 3 atom stereocenters. The number of ether oxygens (including phenoxy) is 1. The van der Waals surface area contributed by atoms with E-state index in [4.69, 9.17) is 4.74 Å². The van der Waals surface area contributed by atoms with Crippen molar-refractivity contribution >= 4 is 11.8 Å². The van der Waals surface area contributed by atoms with Gasteiger partial charge >= 0.3 is 0 Å². The molecule has 160 valence electrons. The van der Waals surface area contributed by atoms with Crippen molar-refractivity contribution in [2.75, 3.05) is 32.8 Å². The Morgan fingerprint density at radius 3 is 2.76 bits per heavy atom. The monoisotopic (exact) mass is 407 g/mol. The van der Waals surface area contributed by atoms with E-state index in [1.807, 2.05) is 0 Å². The molecule has 0 aliphatic carbocycles. The topological polar surface area (TPSA) is 90.9 Å². The minimum Gasteiger partial charge on any atom is -0.394 e. The van der Waals surface area contributed by atoms with Crippen LogP contribution >= 0.6 is 0 Å². The van der Waals surface area contributed by atoms with Crippen LogP contribution < -0.4 is 10.6 Å². The molecule has 0 bridgehead atoms.